The molecule has 0 atom stereocenters. The third-order valence-electron chi connectivity index (χ3n) is 3.81. The van der Waals surface area contributed by atoms with Gasteiger partial charge in [-0.3, -0.25) is 4.79 Å². The molecule has 0 unspecified atom stereocenters. The van der Waals surface area contributed by atoms with Crippen LogP contribution in [0.1, 0.15) is 0 Å². The van der Waals surface area contributed by atoms with Crippen molar-refractivity contribution in [3.8, 4) is 11.3 Å². The number of rotatable bonds is 1. The van der Waals surface area contributed by atoms with E-state index in [2.05, 4.69) is 0 Å². The fraction of sp³-hybridized carbons (Fsp3) is 0. The first-order valence-corrected chi connectivity index (χ1v) is 6.87. The third kappa shape index (κ3) is 1.99. The molecule has 24 heavy (non-hydrogen) atoms. The Morgan fingerprint density at radius 3 is 2.04 bits per heavy atom. The quantitative estimate of drug-likeness (QED) is 0.310. The van der Waals surface area contributed by atoms with E-state index in [-0.39, 0.29) is 56.4 Å². The van der Waals surface area contributed by atoms with Crippen molar-refractivity contribution >= 4 is 50.8 Å². The Morgan fingerprint density at radius 1 is 0.708 bits per heavy atom. The van der Waals surface area contributed by atoms with Crippen molar-refractivity contribution in [3.05, 3.63) is 28.4 Å². The van der Waals surface area contributed by atoms with E-state index in [9.17, 15) is 4.79 Å². The maximum absolute atomic E-state index is 12.6. The average molecular weight is 327 g/mol. The molecule has 0 radical (unpaired) electrons. The zero-order chi connectivity index (χ0) is 17.8. The Morgan fingerprint density at radius 2 is 1.38 bits per heavy atom. The normalized spacial score (nSPS) is 11.0. The predicted octanol–water partition coefficient (Wildman–Crippen LogP) is 0.535. The van der Waals surface area contributed by atoms with Gasteiger partial charge in [-0.2, -0.15) is 0 Å². The molecule has 1 aromatic heterocycles. The van der Waals surface area contributed by atoms with Crippen LogP contribution < -0.4 is 45.6 Å². The maximum atomic E-state index is 12.6. The van der Waals surface area contributed by atoms with E-state index in [0.717, 1.165) is 0 Å². The Balaban J connectivity index is 2.45. The first-order chi connectivity index (χ1) is 11.2. The van der Waals surface area contributed by atoms with E-state index in [4.69, 9.17) is 44.6 Å². The van der Waals surface area contributed by atoms with Gasteiger partial charge in [0.15, 0.2) is 5.76 Å². The minimum atomic E-state index is -0.503. The summed E-state index contributed by atoms with van der Waals surface area (Å²) in [6.45, 7) is 0. The zero-order valence-electron chi connectivity index (χ0n) is 12.6. The van der Waals surface area contributed by atoms with Crippen molar-refractivity contribution < 1.29 is 4.42 Å². The SMILES string of the molecule is Nc1cc(N)c2c(=O)c(N)c(-c3cc(N)c(N)c(N)c3N)oc2c1. The summed E-state index contributed by atoms with van der Waals surface area (Å²) in [6, 6.07) is 4.36. The number of hydrogen-bond donors (Lipinski definition) is 7. The number of hydrogen-bond acceptors (Lipinski definition) is 9. The highest BCUT2D eigenvalue weighted by Crippen LogP contribution is 2.40. The first kappa shape index (κ1) is 15.2. The molecule has 3 aromatic rings. The molecule has 0 aliphatic heterocycles. The number of fused-ring (bicyclic) bond motifs is 1. The summed E-state index contributed by atoms with van der Waals surface area (Å²) in [5.41, 5.74) is 41.7. The molecule has 0 amide bonds. The molecule has 0 aliphatic carbocycles. The summed E-state index contributed by atoms with van der Waals surface area (Å²) in [6.07, 6.45) is 0. The Kier molecular flexibility index (Phi) is 3.08. The van der Waals surface area contributed by atoms with E-state index < -0.39 is 5.43 Å². The Bertz CT molecular complexity index is 1060. The van der Waals surface area contributed by atoms with Gasteiger partial charge in [-0.25, -0.2) is 0 Å². The van der Waals surface area contributed by atoms with Crippen LogP contribution in [0.3, 0.4) is 0 Å². The van der Waals surface area contributed by atoms with Gasteiger partial charge in [-0.05, 0) is 12.1 Å². The number of anilines is 7. The van der Waals surface area contributed by atoms with Crippen molar-refractivity contribution in [2.24, 2.45) is 0 Å². The van der Waals surface area contributed by atoms with Crippen LogP contribution in [0.25, 0.3) is 22.3 Å². The number of nitrogens with two attached hydrogens (primary N) is 7. The van der Waals surface area contributed by atoms with Crippen molar-refractivity contribution in [2.45, 2.75) is 0 Å². The Hall–Kier alpha value is -3.75. The molecule has 0 saturated heterocycles. The molecule has 0 bridgehead atoms. The van der Waals surface area contributed by atoms with Gasteiger partial charge in [0.2, 0.25) is 5.43 Å². The van der Waals surface area contributed by atoms with Gasteiger partial charge in [0, 0.05) is 23.0 Å². The van der Waals surface area contributed by atoms with E-state index in [1.807, 2.05) is 0 Å². The maximum Gasteiger partial charge on any atom is 0.218 e. The predicted molar refractivity (Wildman–Crippen MR) is 98.8 cm³/mol. The van der Waals surface area contributed by atoms with Crippen LogP contribution in [-0.4, -0.2) is 0 Å². The van der Waals surface area contributed by atoms with Gasteiger partial charge in [0.25, 0.3) is 0 Å². The molecule has 124 valence electrons. The van der Waals surface area contributed by atoms with E-state index in [1.54, 1.807) is 0 Å². The standard InChI is InChI=1S/C15H17N7O2/c16-4-1-6(17)9-8(2-4)24-15(13(22)14(9)23)5-3-7(18)11(20)12(21)10(5)19/h1-3H,16-22H2. The van der Waals surface area contributed by atoms with Gasteiger partial charge in [-0.1, -0.05) is 0 Å². The summed E-state index contributed by atoms with van der Waals surface area (Å²) in [5.74, 6) is 0.0217. The molecule has 0 spiro atoms. The minimum absolute atomic E-state index is 0.0217. The second-order valence-corrected chi connectivity index (χ2v) is 5.41. The minimum Gasteiger partial charge on any atom is -0.453 e. The zero-order valence-corrected chi connectivity index (χ0v) is 12.6. The monoisotopic (exact) mass is 327 g/mol. The summed E-state index contributed by atoms with van der Waals surface area (Å²) in [4.78, 5) is 12.6. The van der Waals surface area contributed by atoms with Crippen LogP contribution in [-0.2, 0) is 0 Å². The molecule has 0 aliphatic rings. The van der Waals surface area contributed by atoms with Crippen LogP contribution >= 0.6 is 0 Å². The third-order valence-corrected chi connectivity index (χ3v) is 3.81. The second kappa shape index (κ2) is 4.88. The van der Waals surface area contributed by atoms with Crippen LogP contribution in [0.5, 0.6) is 0 Å². The Labute approximate surface area is 136 Å². The number of benzene rings is 2. The lowest BCUT2D eigenvalue weighted by Gasteiger charge is -2.14. The summed E-state index contributed by atoms with van der Waals surface area (Å²) in [7, 11) is 0. The molecule has 9 heteroatoms. The molecule has 9 nitrogen and oxygen atoms in total. The fourth-order valence-electron chi connectivity index (χ4n) is 2.53. The fourth-order valence-corrected chi connectivity index (χ4v) is 2.53. The molecule has 0 saturated carbocycles. The van der Waals surface area contributed by atoms with Gasteiger partial charge in [-0.15, -0.1) is 0 Å². The van der Waals surface area contributed by atoms with Gasteiger partial charge >= 0.3 is 0 Å². The lowest BCUT2D eigenvalue weighted by Crippen LogP contribution is -2.13. The summed E-state index contributed by atoms with van der Waals surface area (Å²) < 4.78 is 5.73. The molecule has 3 rings (SSSR count). The average Bonchev–Trinajstić information content (AvgIpc) is 2.52. The number of nitrogen functional groups attached to an aromatic ring is 7. The molecular formula is C15H17N7O2. The lowest BCUT2D eigenvalue weighted by atomic mass is 10.0. The molecule has 0 fully saturated rings. The van der Waals surface area contributed by atoms with E-state index in [1.165, 1.54) is 18.2 Å². The van der Waals surface area contributed by atoms with Gasteiger partial charge < -0.3 is 44.6 Å². The van der Waals surface area contributed by atoms with Crippen LogP contribution in [0.2, 0.25) is 0 Å². The van der Waals surface area contributed by atoms with Crippen molar-refractivity contribution in [1.82, 2.24) is 0 Å². The van der Waals surface area contributed by atoms with E-state index >= 15 is 0 Å². The molecule has 14 N–H and O–H groups in total. The smallest absolute Gasteiger partial charge is 0.218 e. The highest BCUT2D eigenvalue weighted by Gasteiger charge is 2.20. The molecular weight excluding hydrogens is 310 g/mol. The van der Waals surface area contributed by atoms with E-state index in [0.29, 0.717) is 5.69 Å². The largest absolute Gasteiger partial charge is 0.453 e. The van der Waals surface area contributed by atoms with Crippen LogP contribution in [0.15, 0.2) is 27.4 Å². The van der Waals surface area contributed by atoms with Gasteiger partial charge in [0.05, 0.1) is 28.1 Å². The van der Waals surface area contributed by atoms with Crippen LogP contribution in [0.4, 0.5) is 39.8 Å². The highest BCUT2D eigenvalue weighted by atomic mass is 16.3. The van der Waals surface area contributed by atoms with Crippen molar-refractivity contribution in [1.29, 1.82) is 0 Å². The lowest BCUT2D eigenvalue weighted by molar-refractivity contribution is 0.622. The topological polar surface area (TPSA) is 212 Å². The second-order valence-electron chi connectivity index (χ2n) is 5.41. The van der Waals surface area contributed by atoms with Gasteiger partial charge in [0.1, 0.15) is 11.3 Å². The highest BCUT2D eigenvalue weighted by molar-refractivity contribution is 6.00. The first-order valence-electron chi connectivity index (χ1n) is 6.87. The summed E-state index contributed by atoms with van der Waals surface area (Å²) in [5, 5.41) is 0.139. The molecule has 2 aromatic carbocycles. The van der Waals surface area contributed by atoms with Crippen LogP contribution in [0, 0.1) is 0 Å². The summed E-state index contributed by atoms with van der Waals surface area (Å²) >= 11 is 0. The molecule has 1 heterocycles. The van der Waals surface area contributed by atoms with Crippen molar-refractivity contribution in [2.75, 3.05) is 40.1 Å². The van der Waals surface area contributed by atoms with Crippen molar-refractivity contribution in [3.63, 3.8) is 0 Å².